The topological polar surface area (TPSA) is 18.8 Å². The maximum absolute atomic E-state index is 4.87. The van der Waals surface area contributed by atoms with Crippen molar-refractivity contribution in [3.05, 3.63) is 46.7 Å². The highest BCUT2D eigenvalue weighted by Crippen LogP contribution is 2.40. The second kappa shape index (κ2) is 5.70. The van der Waals surface area contributed by atoms with Crippen LogP contribution in [0.25, 0.3) is 0 Å². The summed E-state index contributed by atoms with van der Waals surface area (Å²) in [4.78, 5) is 2.65. The van der Waals surface area contributed by atoms with Gasteiger partial charge in [0.1, 0.15) is 0 Å². The second-order valence-corrected chi connectivity index (χ2v) is 7.55. The smallest absolute Gasteiger partial charge is 0.0690 e. The Hall–Kier alpha value is -1.77. The second-order valence-electron chi connectivity index (χ2n) is 7.55. The summed E-state index contributed by atoms with van der Waals surface area (Å²) in [6.45, 7) is 10.0. The monoisotopic (exact) mass is 309 g/mol. The molecule has 3 heteroatoms. The number of rotatable bonds is 3. The molecule has 0 aromatic heterocycles. The highest BCUT2D eigenvalue weighted by Gasteiger charge is 2.34. The van der Waals surface area contributed by atoms with Gasteiger partial charge in [0, 0.05) is 30.8 Å². The van der Waals surface area contributed by atoms with Crippen molar-refractivity contribution in [2.24, 2.45) is 11.0 Å². The van der Waals surface area contributed by atoms with E-state index in [4.69, 9.17) is 5.10 Å². The highest BCUT2D eigenvalue weighted by atomic mass is 15.5. The predicted molar refractivity (Wildman–Crippen MR) is 95.4 cm³/mol. The molecule has 3 aliphatic rings. The summed E-state index contributed by atoms with van der Waals surface area (Å²) in [6, 6.07) is 9.56. The molecule has 0 radical (unpaired) electrons. The first kappa shape index (κ1) is 14.8. The van der Waals surface area contributed by atoms with Crippen molar-refractivity contribution in [1.29, 1.82) is 0 Å². The van der Waals surface area contributed by atoms with Crippen molar-refractivity contribution in [3.63, 3.8) is 0 Å². The van der Waals surface area contributed by atoms with Gasteiger partial charge in [-0.3, -0.25) is 5.01 Å². The van der Waals surface area contributed by atoms with E-state index in [9.17, 15) is 0 Å². The zero-order valence-corrected chi connectivity index (χ0v) is 14.5. The Labute approximate surface area is 139 Å². The number of hydrazone groups is 1. The Bertz CT molecular complexity index is 671. The van der Waals surface area contributed by atoms with Gasteiger partial charge in [-0.1, -0.05) is 38.1 Å². The molecule has 0 N–H and O–H groups in total. The lowest BCUT2D eigenvalue weighted by atomic mass is 9.97. The molecule has 0 saturated carbocycles. The molecule has 2 heterocycles. The minimum atomic E-state index is 0.569. The molecule has 0 fully saturated rings. The van der Waals surface area contributed by atoms with Crippen LogP contribution in [-0.2, 0) is 6.42 Å². The van der Waals surface area contributed by atoms with Gasteiger partial charge in [-0.05, 0) is 36.8 Å². The molecule has 0 bridgehead atoms. The molecule has 122 valence electrons. The Morgan fingerprint density at radius 1 is 1.22 bits per heavy atom. The maximum atomic E-state index is 4.87. The summed E-state index contributed by atoms with van der Waals surface area (Å²) < 4.78 is 0. The summed E-state index contributed by atoms with van der Waals surface area (Å²) in [5, 5.41) is 7.14. The van der Waals surface area contributed by atoms with Gasteiger partial charge in [0.05, 0.1) is 18.3 Å². The third-order valence-electron chi connectivity index (χ3n) is 5.46. The molecule has 1 unspecified atom stereocenters. The Kier molecular flexibility index (Phi) is 3.67. The summed E-state index contributed by atoms with van der Waals surface area (Å²) in [6.07, 6.45) is 3.58. The van der Waals surface area contributed by atoms with Gasteiger partial charge < -0.3 is 4.90 Å². The van der Waals surface area contributed by atoms with E-state index in [1.54, 1.807) is 11.1 Å². The molecule has 23 heavy (non-hydrogen) atoms. The van der Waals surface area contributed by atoms with Crippen molar-refractivity contribution >= 4 is 5.71 Å². The fourth-order valence-electron chi connectivity index (χ4n) is 4.41. The van der Waals surface area contributed by atoms with Gasteiger partial charge in [-0.25, -0.2) is 0 Å². The van der Waals surface area contributed by atoms with Crippen LogP contribution in [0.3, 0.4) is 0 Å². The van der Waals surface area contributed by atoms with E-state index >= 15 is 0 Å². The molecule has 2 aliphatic heterocycles. The van der Waals surface area contributed by atoms with Gasteiger partial charge in [-0.2, -0.15) is 5.10 Å². The first-order valence-corrected chi connectivity index (χ1v) is 9.00. The van der Waals surface area contributed by atoms with E-state index in [0.717, 1.165) is 26.1 Å². The van der Waals surface area contributed by atoms with Crippen molar-refractivity contribution in [3.8, 4) is 0 Å². The molecule has 1 aliphatic carbocycles. The lowest BCUT2D eigenvalue weighted by molar-refractivity contribution is 0.252. The van der Waals surface area contributed by atoms with E-state index in [1.807, 2.05) is 0 Å². The zero-order chi connectivity index (χ0) is 16.0. The van der Waals surface area contributed by atoms with Crippen molar-refractivity contribution in [2.45, 2.75) is 46.1 Å². The van der Waals surface area contributed by atoms with Gasteiger partial charge in [0.25, 0.3) is 0 Å². The van der Waals surface area contributed by atoms with Crippen LogP contribution in [0.2, 0.25) is 0 Å². The van der Waals surface area contributed by atoms with Crippen LogP contribution in [-0.4, -0.2) is 35.3 Å². The molecule has 3 nitrogen and oxygen atoms in total. The van der Waals surface area contributed by atoms with Crippen molar-refractivity contribution in [2.75, 3.05) is 19.6 Å². The normalized spacial score (nSPS) is 23.5. The first-order chi connectivity index (χ1) is 11.1. The number of aryl methyl sites for hydroxylation is 1. The standard InChI is InChI=1S/C20H27N3/c1-14(2)12-22-13-18-15(3)23(11-10-19(18)21-22)20-9-8-16-6-4-5-7-17(16)20/h4-7,14,20H,8-13H2,1-3H3. The summed E-state index contributed by atoms with van der Waals surface area (Å²) in [5.74, 6) is 0.665. The lowest BCUT2D eigenvalue weighted by Crippen LogP contribution is -2.34. The molecule has 1 aromatic rings. The number of allylic oxidation sites excluding steroid dienone is 1. The third-order valence-corrected chi connectivity index (χ3v) is 5.46. The minimum absolute atomic E-state index is 0.569. The quantitative estimate of drug-likeness (QED) is 0.841. The molecule has 0 saturated heterocycles. The van der Waals surface area contributed by atoms with E-state index in [2.05, 4.69) is 54.9 Å². The Morgan fingerprint density at radius 2 is 2.04 bits per heavy atom. The Morgan fingerprint density at radius 3 is 2.87 bits per heavy atom. The van der Waals surface area contributed by atoms with Gasteiger partial charge >= 0.3 is 0 Å². The van der Waals surface area contributed by atoms with E-state index in [0.29, 0.717) is 12.0 Å². The number of benzene rings is 1. The summed E-state index contributed by atoms with van der Waals surface area (Å²) >= 11 is 0. The van der Waals surface area contributed by atoms with Crippen LogP contribution < -0.4 is 0 Å². The van der Waals surface area contributed by atoms with Crippen LogP contribution in [0.15, 0.2) is 40.6 Å². The van der Waals surface area contributed by atoms with Gasteiger partial charge in [-0.15, -0.1) is 0 Å². The first-order valence-electron chi connectivity index (χ1n) is 9.00. The largest absolute Gasteiger partial charge is 0.367 e. The Balaban J connectivity index is 1.60. The van der Waals surface area contributed by atoms with E-state index < -0.39 is 0 Å². The molecule has 0 spiro atoms. The molecule has 4 rings (SSSR count). The molecular formula is C20H27N3. The van der Waals surface area contributed by atoms with Crippen molar-refractivity contribution in [1.82, 2.24) is 9.91 Å². The van der Waals surface area contributed by atoms with Crippen LogP contribution in [0.4, 0.5) is 0 Å². The number of hydrogen-bond acceptors (Lipinski definition) is 3. The van der Waals surface area contributed by atoms with Gasteiger partial charge in [0.2, 0.25) is 0 Å². The zero-order valence-electron chi connectivity index (χ0n) is 14.5. The number of nitrogens with zero attached hydrogens (tertiary/aromatic N) is 3. The highest BCUT2D eigenvalue weighted by molar-refractivity contribution is 6.03. The third kappa shape index (κ3) is 2.56. The number of fused-ring (bicyclic) bond motifs is 2. The summed E-state index contributed by atoms with van der Waals surface area (Å²) in [5.41, 5.74) is 7.38. The average Bonchev–Trinajstić information content (AvgIpc) is 3.11. The fraction of sp³-hybridized carbons (Fsp3) is 0.550. The van der Waals surface area contributed by atoms with Crippen molar-refractivity contribution < 1.29 is 0 Å². The SMILES string of the molecule is CC1=C2CN(CC(C)C)N=C2CCN1C1CCc2ccccc21. The molecule has 0 amide bonds. The molecular weight excluding hydrogens is 282 g/mol. The van der Waals surface area contributed by atoms with Crippen LogP contribution in [0, 0.1) is 5.92 Å². The lowest BCUT2D eigenvalue weighted by Gasteiger charge is -2.36. The van der Waals surface area contributed by atoms with Crippen LogP contribution in [0.1, 0.15) is 50.8 Å². The maximum Gasteiger partial charge on any atom is 0.0690 e. The molecule has 1 atom stereocenters. The van der Waals surface area contributed by atoms with Crippen LogP contribution in [0.5, 0.6) is 0 Å². The average molecular weight is 309 g/mol. The summed E-state index contributed by atoms with van der Waals surface area (Å²) in [7, 11) is 0. The van der Waals surface area contributed by atoms with E-state index in [1.165, 1.54) is 29.8 Å². The van der Waals surface area contributed by atoms with Gasteiger partial charge in [0.15, 0.2) is 0 Å². The van der Waals surface area contributed by atoms with E-state index in [-0.39, 0.29) is 0 Å². The van der Waals surface area contributed by atoms with Crippen LogP contribution >= 0.6 is 0 Å². The minimum Gasteiger partial charge on any atom is -0.367 e. The predicted octanol–water partition coefficient (Wildman–Crippen LogP) is 3.98. The fourth-order valence-corrected chi connectivity index (χ4v) is 4.41. The number of hydrogen-bond donors (Lipinski definition) is 0. The molecule has 1 aromatic carbocycles.